The van der Waals surface area contributed by atoms with Crippen molar-refractivity contribution in [3.05, 3.63) is 28.7 Å². The van der Waals surface area contributed by atoms with Gasteiger partial charge >= 0.3 is 0 Å². The van der Waals surface area contributed by atoms with Gasteiger partial charge in [0.05, 0.1) is 4.83 Å². The number of halogens is 2. The topological polar surface area (TPSA) is 29.1 Å². The van der Waals surface area contributed by atoms with Gasteiger partial charge in [-0.2, -0.15) is 0 Å². The predicted molar refractivity (Wildman–Crippen MR) is 70.3 cm³/mol. The molecular formula is C11H13Br2NO. The number of carbonyl (C=O) groups is 1. The van der Waals surface area contributed by atoms with Gasteiger partial charge in [0.25, 0.3) is 0 Å². The summed E-state index contributed by atoms with van der Waals surface area (Å²) in [6, 6.07) is 7.52. The van der Waals surface area contributed by atoms with Crippen molar-refractivity contribution in [2.24, 2.45) is 5.92 Å². The molecule has 2 nitrogen and oxygen atoms in total. The van der Waals surface area contributed by atoms with Crippen molar-refractivity contribution in [1.29, 1.82) is 0 Å². The monoisotopic (exact) mass is 333 g/mol. The van der Waals surface area contributed by atoms with Gasteiger partial charge in [0.1, 0.15) is 0 Å². The molecule has 1 N–H and O–H groups in total. The van der Waals surface area contributed by atoms with Crippen LogP contribution in [0.4, 0.5) is 5.69 Å². The van der Waals surface area contributed by atoms with Crippen molar-refractivity contribution < 1.29 is 4.79 Å². The van der Waals surface area contributed by atoms with E-state index in [4.69, 9.17) is 0 Å². The van der Waals surface area contributed by atoms with Gasteiger partial charge in [-0.25, -0.2) is 0 Å². The molecule has 0 spiro atoms. The predicted octanol–water partition coefficient (Wildman–Crippen LogP) is 3.81. The summed E-state index contributed by atoms with van der Waals surface area (Å²) >= 11 is 6.70. The van der Waals surface area contributed by atoms with Crippen LogP contribution in [-0.2, 0) is 4.79 Å². The first kappa shape index (κ1) is 12.7. The molecule has 0 aromatic heterocycles. The Kier molecular flexibility index (Phi) is 4.80. The molecule has 1 rings (SSSR count). The van der Waals surface area contributed by atoms with Crippen LogP contribution in [-0.4, -0.2) is 10.7 Å². The molecule has 1 aromatic carbocycles. The van der Waals surface area contributed by atoms with Crippen LogP contribution in [0.1, 0.15) is 13.8 Å². The Labute approximate surface area is 107 Å². The van der Waals surface area contributed by atoms with Gasteiger partial charge in [-0.05, 0) is 30.2 Å². The van der Waals surface area contributed by atoms with Crippen LogP contribution in [0.3, 0.4) is 0 Å². The maximum absolute atomic E-state index is 11.7. The molecular weight excluding hydrogens is 322 g/mol. The number of amides is 1. The van der Waals surface area contributed by atoms with Crippen molar-refractivity contribution in [3.8, 4) is 0 Å². The molecule has 0 aliphatic carbocycles. The number of carbonyl (C=O) groups excluding carboxylic acids is 1. The minimum atomic E-state index is -0.152. The first-order valence-corrected chi connectivity index (χ1v) is 6.42. The molecule has 15 heavy (non-hydrogen) atoms. The third-order valence-corrected chi connectivity index (χ3v) is 3.95. The summed E-state index contributed by atoms with van der Waals surface area (Å²) in [6.07, 6.45) is 0. The molecule has 1 atom stereocenters. The summed E-state index contributed by atoms with van der Waals surface area (Å²) in [7, 11) is 0. The summed E-state index contributed by atoms with van der Waals surface area (Å²) in [5.74, 6) is 0.271. The SMILES string of the molecule is CC(C)C(Br)C(=O)Nc1ccc(Br)cc1. The Morgan fingerprint density at radius 2 is 1.80 bits per heavy atom. The zero-order valence-corrected chi connectivity index (χ0v) is 11.8. The van der Waals surface area contributed by atoms with Crippen LogP contribution in [0.25, 0.3) is 0 Å². The van der Waals surface area contributed by atoms with Crippen molar-refractivity contribution in [1.82, 2.24) is 0 Å². The molecule has 1 amide bonds. The molecule has 0 aliphatic rings. The highest BCUT2D eigenvalue weighted by molar-refractivity contribution is 9.10. The van der Waals surface area contributed by atoms with Crippen LogP contribution in [0.2, 0.25) is 0 Å². The van der Waals surface area contributed by atoms with E-state index in [1.807, 2.05) is 38.1 Å². The largest absolute Gasteiger partial charge is 0.325 e. The maximum Gasteiger partial charge on any atom is 0.238 e. The summed E-state index contributed by atoms with van der Waals surface area (Å²) in [5, 5.41) is 2.84. The summed E-state index contributed by atoms with van der Waals surface area (Å²) in [6.45, 7) is 4.00. The Balaban J connectivity index is 2.62. The molecule has 0 saturated heterocycles. The Morgan fingerprint density at radius 3 is 2.27 bits per heavy atom. The second-order valence-electron chi connectivity index (χ2n) is 3.64. The van der Waals surface area contributed by atoms with E-state index in [9.17, 15) is 4.79 Å². The molecule has 0 aliphatic heterocycles. The smallest absolute Gasteiger partial charge is 0.238 e. The van der Waals surface area contributed by atoms with Crippen LogP contribution in [0.15, 0.2) is 28.7 Å². The second-order valence-corrected chi connectivity index (χ2v) is 5.54. The van der Waals surface area contributed by atoms with Crippen molar-refractivity contribution in [2.75, 3.05) is 5.32 Å². The minimum absolute atomic E-state index is 0.00711. The molecule has 1 unspecified atom stereocenters. The maximum atomic E-state index is 11.7. The molecule has 1 aromatic rings. The number of benzene rings is 1. The van der Waals surface area contributed by atoms with Crippen molar-refractivity contribution in [3.63, 3.8) is 0 Å². The van der Waals surface area contributed by atoms with E-state index in [-0.39, 0.29) is 16.7 Å². The van der Waals surface area contributed by atoms with Crippen LogP contribution in [0, 0.1) is 5.92 Å². The first-order chi connectivity index (χ1) is 7.00. The highest BCUT2D eigenvalue weighted by Gasteiger charge is 2.18. The Bertz CT molecular complexity index is 335. The molecule has 4 heteroatoms. The van der Waals surface area contributed by atoms with E-state index in [2.05, 4.69) is 37.2 Å². The van der Waals surface area contributed by atoms with Gasteiger partial charge in [-0.15, -0.1) is 0 Å². The number of rotatable bonds is 3. The fourth-order valence-electron chi connectivity index (χ4n) is 1.05. The lowest BCUT2D eigenvalue weighted by Gasteiger charge is -2.13. The van der Waals surface area contributed by atoms with E-state index in [0.29, 0.717) is 0 Å². The number of hydrogen-bond donors (Lipinski definition) is 1. The van der Waals surface area contributed by atoms with Crippen LogP contribution < -0.4 is 5.32 Å². The van der Waals surface area contributed by atoms with Gasteiger partial charge in [0.15, 0.2) is 0 Å². The Hall–Kier alpha value is -0.350. The quantitative estimate of drug-likeness (QED) is 0.837. The van der Waals surface area contributed by atoms with Gasteiger partial charge in [0, 0.05) is 10.2 Å². The lowest BCUT2D eigenvalue weighted by Crippen LogP contribution is -2.26. The number of alkyl halides is 1. The zero-order chi connectivity index (χ0) is 11.4. The summed E-state index contributed by atoms with van der Waals surface area (Å²) in [4.78, 5) is 11.5. The third-order valence-electron chi connectivity index (χ3n) is 1.95. The van der Waals surface area contributed by atoms with Gasteiger partial charge in [-0.1, -0.05) is 45.7 Å². The third kappa shape index (κ3) is 3.95. The standard InChI is InChI=1S/C11H13Br2NO/c1-7(2)10(13)11(15)14-9-5-3-8(12)4-6-9/h3-7,10H,1-2H3,(H,14,15). The van der Waals surface area contributed by atoms with Gasteiger partial charge in [-0.3, -0.25) is 4.79 Å². The summed E-state index contributed by atoms with van der Waals surface area (Å²) < 4.78 is 1.000. The molecule has 0 radical (unpaired) electrons. The van der Waals surface area contributed by atoms with Crippen LogP contribution >= 0.6 is 31.9 Å². The normalized spacial score (nSPS) is 12.6. The highest BCUT2D eigenvalue weighted by Crippen LogP contribution is 2.17. The number of anilines is 1. The molecule has 0 bridgehead atoms. The average molecular weight is 335 g/mol. The van der Waals surface area contributed by atoms with Crippen molar-refractivity contribution >= 4 is 43.5 Å². The van der Waals surface area contributed by atoms with Gasteiger partial charge in [0.2, 0.25) is 5.91 Å². The minimum Gasteiger partial charge on any atom is -0.325 e. The zero-order valence-electron chi connectivity index (χ0n) is 8.63. The fraction of sp³-hybridized carbons (Fsp3) is 0.364. The molecule has 0 heterocycles. The molecule has 0 saturated carbocycles. The highest BCUT2D eigenvalue weighted by atomic mass is 79.9. The summed E-state index contributed by atoms with van der Waals surface area (Å²) in [5.41, 5.74) is 0.813. The van der Waals surface area contributed by atoms with Crippen molar-refractivity contribution in [2.45, 2.75) is 18.7 Å². The Morgan fingerprint density at radius 1 is 1.27 bits per heavy atom. The van der Waals surface area contributed by atoms with Crippen LogP contribution in [0.5, 0.6) is 0 Å². The number of hydrogen-bond acceptors (Lipinski definition) is 1. The van der Waals surface area contributed by atoms with E-state index in [1.165, 1.54) is 0 Å². The second kappa shape index (κ2) is 5.66. The molecule has 0 fully saturated rings. The first-order valence-electron chi connectivity index (χ1n) is 4.71. The lowest BCUT2D eigenvalue weighted by molar-refractivity contribution is -0.116. The average Bonchev–Trinajstić information content (AvgIpc) is 2.20. The van der Waals surface area contributed by atoms with E-state index < -0.39 is 0 Å². The van der Waals surface area contributed by atoms with E-state index in [1.54, 1.807) is 0 Å². The molecule has 82 valence electrons. The number of nitrogens with one attached hydrogen (secondary N) is 1. The van der Waals surface area contributed by atoms with E-state index in [0.717, 1.165) is 10.2 Å². The van der Waals surface area contributed by atoms with E-state index >= 15 is 0 Å². The fourth-order valence-corrected chi connectivity index (χ4v) is 1.43. The van der Waals surface area contributed by atoms with Gasteiger partial charge < -0.3 is 5.32 Å². The lowest BCUT2D eigenvalue weighted by atomic mass is 10.1.